The van der Waals surface area contributed by atoms with Crippen molar-refractivity contribution >= 4 is 5.97 Å². The predicted octanol–water partition coefficient (Wildman–Crippen LogP) is 1.54. The molecular weight excluding hydrogens is 246 g/mol. The highest BCUT2D eigenvalue weighted by Gasteiger charge is 2.28. The van der Waals surface area contributed by atoms with Gasteiger partial charge in [-0.2, -0.15) is 0 Å². The molecule has 0 saturated heterocycles. The minimum Gasteiger partial charge on any atom is -0.486 e. The zero-order valence-corrected chi connectivity index (χ0v) is 11.2. The van der Waals surface area contributed by atoms with Crippen LogP contribution in [-0.4, -0.2) is 30.3 Å². The summed E-state index contributed by atoms with van der Waals surface area (Å²) in [7, 11) is 0. The highest BCUT2D eigenvalue weighted by atomic mass is 16.6. The van der Waals surface area contributed by atoms with Gasteiger partial charge in [0.25, 0.3) is 0 Å². The van der Waals surface area contributed by atoms with Crippen molar-refractivity contribution in [2.75, 3.05) is 13.2 Å². The average molecular weight is 265 g/mol. The molecule has 2 rings (SSSR count). The number of carboxylic acid groups (broad SMARTS) is 1. The van der Waals surface area contributed by atoms with E-state index in [9.17, 15) is 4.79 Å². The maximum absolute atomic E-state index is 10.9. The molecule has 1 unspecified atom stereocenters. The van der Waals surface area contributed by atoms with Gasteiger partial charge in [0, 0.05) is 0 Å². The Bertz CT molecular complexity index is 484. The van der Waals surface area contributed by atoms with Crippen molar-refractivity contribution in [2.45, 2.75) is 31.7 Å². The molecule has 0 aliphatic carbocycles. The van der Waals surface area contributed by atoms with Gasteiger partial charge in [-0.15, -0.1) is 0 Å². The van der Waals surface area contributed by atoms with E-state index in [1.54, 1.807) is 0 Å². The van der Waals surface area contributed by atoms with E-state index in [2.05, 4.69) is 0 Å². The second-order valence-electron chi connectivity index (χ2n) is 5.39. The lowest BCUT2D eigenvalue weighted by molar-refractivity contribution is -0.139. The Hall–Kier alpha value is -1.75. The normalized spacial score (nSPS) is 15.9. The summed E-state index contributed by atoms with van der Waals surface area (Å²) in [6.45, 7) is 5.04. The molecule has 1 aromatic rings. The third kappa shape index (κ3) is 2.98. The number of nitrogens with two attached hydrogens (primary N) is 1. The van der Waals surface area contributed by atoms with E-state index >= 15 is 0 Å². The van der Waals surface area contributed by atoms with E-state index in [4.69, 9.17) is 20.3 Å². The molecule has 104 valence electrons. The number of aliphatic carboxylic acids is 1. The van der Waals surface area contributed by atoms with Crippen LogP contribution < -0.4 is 15.2 Å². The Morgan fingerprint density at radius 1 is 1.37 bits per heavy atom. The van der Waals surface area contributed by atoms with Gasteiger partial charge in [0.15, 0.2) is 11.5 Å². The topological polar surface area (TPSA) is 81.8 Å². The summed E-state index contributed by atoms with van der Waals surface area (Å²) in [5, 5.41) is 8.91. The van der Waals surface area contributed by atoms with Gasteiger partial charge in [0.1, 0.15) is 19.3 Å². The van der Waals surface area contributed by atoms with Gasteiger partial charge in [-0.25, -0.2) is 0 Å². The molecule has 0 saturated carbocycles. The Kier molecular flexibility index (Phi) is 3.66. The van der Waals surface area contributed by atoms with Crippen LogP contribution in [-0.2, 0) is 10.2 Å². The van der Waals surface area contributed by atoms with Crippen LogP contribution in [0.1, 0.15) is 25.8 Å². The molecule has 0 bridgehead atoms. The number of benzene rings is 1. The smallest absolute Gasteiger partial charge is 0.320 e. The fourth-order valence-electron chi connectivity index (χ4n) is 2.22. The van der Waals surface area contributed by atoms with E-state index in [1.807, 2.05) is 32.0 Å². The summed E-state index contributed by atoms with van der Waals surface area (Å²) in [6.07, 6.45) is 0.363. The lowest BCUT2D eigenvalue weighted by Gasteiger charge is -2.28. The Labute approximate surface area is 112 Å². The molecule has 0 spiro atoms. The molecule has 1 heterocycles. The number of carbonyl (C=O) groups is 1. The monoisotopic (exact) mass is 265 g/mol. The van der Waals surface area contributed by atoms with Crippen molar-refractivity contribution < 1.29 is 19.4 Å². The molecule has 1 aromatic carbocycles. The number of hydrogen-bond donors (Lipinski definition) is 2. The van der Waals surface area contributed by atoms with Gasteiger partial charge in [0.05, 0.1) is 0 Å². The molecule has 19 heavy (non-hydrogen) atoms. The molecule has 0 fully saturated rings. The van der Waals surface area contributed by atoms with E-state index in [-0.39, 0.29) is 5.41 Å². The fourth-order valence-corrected chi connectivity index (χ4v) is 2.22. The van der Waals surface area contributed by atoms with Crippen LogP contribution in [0.4, 0.5) is 0 Å². The van der Waals surface area contributed by atoms with Crippen molar-refractivity contribution in [1.29, 1.82) is 0 Å². The van der Waals surface area contributed by atoms with Crippen molar-refractivity contribution in [3.05, 3.63) is 23.8 Å². The summed E-state index contributed by atoms with van der Waals surface area (Å²) in [4.78, 5) is 10.9. The Balaban J connectivity index is 2.22. The maximum atomic E-state index is 10.9. The van der Waals surface area contributed by atoms with E-state index in [0.717, 1.165) is 11.3 Å². The fraction of sp³-hybridized carbons (Fsp3) is 0.500. The average Bonchev–Trinajstić information content (AvgIpc) is 2.37. The van der Waals surface area contributed by atoms with Crippen LogP contribution in [0.5, 0.6) is 11.5 Å². The molecule has 0 amide bonds. The van der Waals surface area contributed by atoms with Crippen molar-refractivity contribution in [2.24, 2.45) is 5.73 Å². The third-order valence-corrected chi connectivity index (χ3v) is 3.37. The second-order valence-corrected chi connectivity index (χ2v) is 5.39. The van der Waals surface area contributed by atoms with Crippen LogP contribution >= 0.6 is 0 Å². The highest BCUT2D eigenvalue weighted by Crippen LogP contribution is 2.36. The van der Waals surface area contributed by atoms with Gasteiger partial charge in [-0.05, 0) is 29.5 Å². The molecule has 3 N–H and O–H groups in total. The van der Waals surface area contributed by atoms with Crippen molar-refractivity contribution in [1.82, 2.24) is 0 Å². The molecule has 5 nitrogen and oxygen atoms in total. The van der Waals surface area contributed by atoms with Gasteiger partial charge in [-0.1, -0.05) is 19.9 Å². The van der Waals surface area contributed by atoms with E-state index in [0.29, 0.717) is 25.4 Å². The number of carboxylic acids is 1. The molecule has 1 atom stereocenters. The standard InChI is InChI=1S/C14H19NO4/c1-14(2,8-10(15)13(16)17)9-3-4-11-12(7-9)19-6-5-18-11/h3-4,7,10H,5-6,8,15H2,1-2H3,(H,16,17). The number of rotatable bonds is 4. The van der Waals surface area contributed by atoms with Crippen LogP contribution in [0.25, 0.3) is 0 Å². The van der Waals surface area contributed by atoms with Crippen molar-refractivity contribution in [3.8, 4) is 11.5 Å². The van der Waals surface area contributed by atoms with Crippen LogP contribution in [0, 0.1) is 0 Å². The predicted molar refractivity (Wildman–Crippen MR) is 70.7 cm³/mol. The summed E-state index contributed by atoms with van der Waals surface area (Å²) < 4.78 is 11.0. The molecule has 5 heteroatoms. The Morgan fingerprint density at radius 2 is 2.00 bits per heavy atom. The maximum Gasteiger partial charge on any atom is 0.320 e. The van der Waals surface area contributed by atoms with E-state index < -0.39 is 12.0 Å². The van der Waals surface area contributed by atoms with Crippen LogP contribution in [0.3, 0.4) is 0 Å². The number of fused-ring (bicyclic) bond motifs is 1. The minimum atomic E-state index is -0.981. The first-order valence-corrected chi connectivity index (χ1v) is 6.29. The van der Waals surface area contributed by atoms with Crippen LogP contribution in [0.15, 0.2) is 18.2 Å². The number of hydrogen-bond acceptors (Lipinski definition) is 4. The van der Waals surface area contributed by atoms with Gasteiger partial charge in [0.2, 0.25) is 0 Å². The summed E-state index contributed by atoms with van der Waals surface area (Å²) >= 11 is 0. The summed E-state index contributed by atoms with van der Waals surface area (Å²) in [6, 6.07) is 4.83. The first-order valence-electron chi connectivity index (χ1n) is 6.29. The van der Waals surface area contributed by atoms with Gasteiger partial charge >= 0.3 is 5.97 Å². The highest BCUT2D eigenvalue weighted by molar-refractivity contribution is 5.73. The lowest BCUT2D eigenvalue weighted by atomic mass is 9.79. The van der Waals surface area contributed by atoms with E-state index in [1.165, 1.54) is 0 Å². The minimum absolute atomic E-state index is 0.340. The summed E-state index contributed by atoms with van der Waals surface area (Å²) in [5.74, 6) is 0.458. The summed E-state index contributed by atoms with van der Waals surface area (Å²) in [5.41, 5.74) is 6.28. The third-order valence-electron chi connectivity index (χ3n) is 3.37. The zero-order valence-electron chi connectivity index (χ0n) is 11.2. The first-order chi connectivity index (χ1) is 8.90. The molecule has 1 aliphatic heterocycles. The molecule has 0 radical (unpaired) electrons. The number of ether oxygens (including phenoxy) is 2. The quantitative estimate of drug-likeness (QED) is 0.863. The SMILES string of the molecule is CC(C)(CC(N)C(=O)O)c1ccc2c(c1)OCCO2. The van der Waals surface area contributed by atoms with Crippen molar-refractivity contribution in [3.63, 3.8) is 0 Å². The van der Waals surface area contributed by atoms with Gasteiger partial charge < -0.3 is 20.3 Å². The zero-order chi connectivity index (χ0) is 14.0. The Morgan fingerprint density at radius 3 is 2.63 bits per heavy atom. The second kappa shape index (κ2) is 5.09. The molecule has 0 aromatic heterocycles. The largest absolute Gasteiger partial charge is 0.486 e. The molecule has 1 aliphatic rings. The van der Waals surface area contributed by atoms with Gasteiger partial charge in [-0.3, -0.25) is 4.79 Å². The first kappa shape index (κ1) is 13.7. The lowest BCUT2D eigenvalue weighted by Crippen LogP contribution is -2.36. The molecular formula is C14H19NO4. The van der Waals surface area contributed by atoms with Crippen LogP contribution in [0.2, 0.25) is 0 Å².